The van der Waals surface area contributed by atoms with Crippen LogP contribution in [0, 0.1) is 5.82 Å². The summed E-state index contributed by atoms with van der Waals surface area (Å²) in [5.74, 6) is -1.07. The minimum absolute atomic E-state index is 0.489. The highest BCUT2D eigenvalue weighted by Crippen LogP contribution is 2.34. The Bertz CT molecular complexity index is 516. The summed E-state index contributed by atoms with van der Waals surface area (Å²) in [6, 6.07) is -1.66. The molecule has 1 rings (SSSR count). The minimum Gasteiger partial charge on any atom is -0.242 e. The second-order valence-electron chi connectivity index (χ2n) is 5.01. The molecule has 0 aliphatic rings. The van der Waals surface area contributed by atoms with E-state index in [-0.39, 0.29) is 0 Å². The number of rotatable bonds is 3. The summed E-state index contributed by atoms with van der Waals surface area (Å²) in [7, 11) is -1.98. The monoisotopic (exact) mass is 332 g/mol. The Morgan fingerprint density at radius 3 is 2.30 bits per heavy atom. The van der Waals surface area contributed by atoms with E-state index in [2.05, 4.69) is 4.98 Å². The summed E-state index contributed by atoms with van der Waals surface area (Å²) in [6.07, 6.45) is -3.95. The van der Waals surface area contributed by atoms with Gasteiger partial charge in [0.1, 0.15) is 6.04 Å². The molecule has 0 aliphatic carbocycles. The van der Waals surface area contributed by atoms with Gasteiger partial charge in [-0.05, 0) is 26.8 Å². The average molecular weight is 333 g/mol. The number of hydrogen-bond donors (Lipinski definition) is 1. The van der Waals surface area contributed by atoms with Gasteiger partial charge in [-0.3, -0.25) is 0 Å². The molecule has 0 saturated carbocycles. The van der Waals surface area contributed by atoms with E-state index < -0.39 is 44.5 Å². The molecule has 114 valence electrons. The van der Waals surface area contributed by atoms with Crippen molar-refractivity contribution in [3.8, 4) is 0 Å². The van der Waals surface area contributed by atoms with E-state index in [1.807, 2.05) is 4.72 Å². The van der Waals surface area contributed by atoms with Gasteiger partial charge in [-0.2, -0.15) is 13.2 Å². The summed E-state index contributed by atoms with van der Waals surface area (Å²) < 4.78 is 65.1. The van der Waals surface area contributed by atoms with Crippen LogP contribution < -0.4 is 4.72 Å². The van der Waals surface area contributed by atoms with E-state index in [9.17, 15) is 21.8 Å². The number of hydrogen-bond acceptors (Lipinski definition) is 2. The fourth-order valence-electron chi connectivity index (χ4n) is 1.20. The summed E-state index contributed by atoms with van der Waals surface area (Å²) in [4.78, 5) is 3.33. The number of halogens is 5. The first kappa shape index (κ1) is 17.3. The van der Waals surface area contributed by atoms with Crippen molar-refractivity contribution >= 4 is 22.6 Å². The molecule has 0 bridgehead atoms. The van der Waals surface area contributed by atoms with Crippen LogP contribution in [0.25, 0.3) is 0 Å². The van der Waals surface area contributed by atoms with Crippen LogP contribution in [0.2, 0.25) is 5.15 Å². The van der Waals surface area contributed by atoms with Gasteiger partial charge in [-0.15, -0.1) is 0 Å². The molecule has 1 heterocycles. The molecule has 2 atom stereocenters. The Morgan fingerprint density at radius 1 is 1.35 bits per heavy atom. The van der Waals surface area contributed by atoms with Crippen molar-refractivity contribution in [2.45, 2.75) is 37.7 Å². The molecule has 1 aromatic heterocycles. The highest BCUT2D eigenvalue weighted by molar-refractivity contribution is 7.84. The molecule has 0 aromatic carbocycles. The third-order valence-electron chi connectivity index (χ3n) is 2.26. The van der Waals surface area contributed by atoms with Crippen LogP contribution in [-0.2, 0) is 11.0 Å². The first-order chi connectivity index (χ1) is 8.93. The Kier molecular flexibility index (Phi) is 5.15. The molecule has 9 heteroatoms. The number of nitrogens with one attached hydrogen (secondary N) is 1. The normalized spacial score (nSPS) is 16.0. The Labute approximate surface area is 121 Å². The SMILES string of the molecule is CC(C)(C)[S@@](=O)N[C@@H](c1cnc(Cl)c(F)c1)C(F)(F)F. The lowest BCUT2D eigenvalue weighted by atomic mass is 10.1. The van der Waals surface area contributed by atoms with Crippen LogP contribution in [0.1, 0.15) is 32.4 Å². The fraction of sp³-hybridized carbons (Fsp3) is 0.545. The van der Waals surface area contributed by atoms with Crippen molar-refractivity contribution in [3.05, 3.63) is 28.8 Å². The Morgan fingerprint density at radius 2 is 1.90 bits per heavy atom. The van der Waals surface area contributed by atoms with Gasteiger partial charge in [-0.25, -0.2) is 18.3 Å². The molecule has 0 radical (unpaired) electrons. The lowest BCUT2D eigenvalue weighted by Gasteiger charge is -2.26. The lowest BCUT2D eigenvalue weighted by molar-refractivity contribution is -0.152. The minimum atomic E-state index is -4.75. The predicted octanol–water partition coefficient (Wildman–Crippen LogP) is 3.53. The van der Waals surface area contributed by atoms with Crippen LogP contribution in [0.3, 0.4) is 0 Å². The van der Waals surface area contributed by atoms with Gasteiger partial charge >= 0.3 is 6.18 Å². The molecule has 20 heavy (non-hydrogen) atoms. The van der Waals surface area contributed by atoms with Gasteiger partial charge in [0.05, 0.1) is 15.7 Å². The van der Waals surface area contributed by atoms with Crippen LogP contribution in [-0.4, -0.2) is 20.1 Å². The highest BCUT2D eigenvalue weighted by atomic mass is 35.5. The zero-order valence-electron chi connectivity index (χ0n) is 10.9. The molecule has 1 N–H and O–H groups in total. The first-order valence-electron chi connectivity index (χ1n) is 5.48. The summed E-state index contributed by atoms with van der Waals surface area (Å²) in [5, 5.41) is -0.522. The van der Waals surface area contributed by atoms with Crippen LogP contribution >= 0.6 is 11.6 Å². The Hall–Kier alpha value is -0.730. The van der Waals surface area contributed by atoms with Crippen molar-refractivity contribution in [3.63, 3.8) is 0 Å². The number of aromatic nitrogens is 1. The second kappa shape index (κ2) is 5.95. The van der Waals surface area contributed by atoms with Crippen molar-refractivity contribution in [1.82, 2.24) is 9.71 Å². The van der Waals surface area contributed by atoms with Gasteiger partial charge in [0.25, 0.3) is 0 Å². The zero-order valence-corrected chi connectivity index (χ0v) is 12.5. The molecule has 0 fully saturated rings. The summed E-state index contributed by atoms with van der Waals surface area (Å²) in [5.41, 5.74) is -0.489. The quantitative estimate of drug-likeness (QED) is 0.679. The smallest absolute Gasteiger partial charge is 0.242 e. The fourth-order valence-corrected chi connectivity index (χ4v) is 2.14. The molecule has 0 amide bonds. The first-order valence-corrected chi connectivity index (χ1v) is 7.01. The van der Waals surface area contributed by atoms with E-state index in [0.29, 0.717) is 6.07 Å². The largest absolute Gasteiger partial charge is 0.408 e. The molecular formula is C11H13ClF4N2OS. The standard InChI is InChI=1S/C11H13ClF4N2OS/c1-10(2,3)20(19)18-8(11(14,15)16)6-4-7(13)9(12)17-5-6/h4-5,8,18H,1-3H3/t8-,20+/m0/s1. The van der Waals surface area contributed by atoms with Crippen LogP contribution in [0.5, 0.6) is 0 Å². The zero-order chi connectivity index (χ0) is 15.7. The molecule has 3 nitrogen and oxygen atoms in total. The topological polar surface area (TPSA) is 42.0 Å². The van der Waals surface area contributed by atoms with Crippen molar-refractivity contribution in [2.24, 2.45) is 0 Å². The maximum atomic E-state index is 13.2. The maximum absolute atomic E-state index is 13.2. The van der Waals surface area contributed by atoms with Gasteiger partial charge < -0.3 is 0 Å². The van der Waals surface area contributed by atoms with E-state index in [0.717, 1.165) is 6.20 Å². The third-order valence-corrected chi connectivity index (χ3v) is 4.10. The van der Waals surface area contributed by atoms with Gasteiger partial charge in [0.2, 0.25) is 0 Å². The van der Waals surface area contributed by atoms with E-state index in [1.54, 1.807) is 0 Å². The lowest BCUT2D eigenvalue weighted by Crippen LogP contribution is -2.41. The number of nitrogens with zero attached hydrogens (tertiary/aromatic N) is 1. The molecule has 0 spiro atoms. The molecule has 0 unspecified atom stereocenters. The average Bonchev–Trinajstić information content (AvgIpc) is 2.26. The van der Waals surface area contributed by atoms with Gasteiger partial charge in [-0.1, -0.05) is 11.6 Å². The number of pyridine rings is 1. The number of alkyl halides is 3. The van der Waals surface area contributed by atoms with Crippen LogP contribution in [0.15, 0.2) is 12.3 Å². The van der Waals surface area contributed by atoms with Crippen molar-refractivity contribution in [2.75, 3.05) is 0 Å². The molecular weight excluding hydrogens is 320 g/mol. The summed E-state index contributed by atoms with van der Waals surface area (Å²) >= 11 is 5.33. The van der Waals surface area contributed by atoms with Crippen molar-refractivity contribution < 1.29 is 21.8 Å². The molecule has 1 aromatic rings. The van der Waals surface area contributed by atoms with Crippen LogP contribution in [0.4, 0.5) is 17.6 Å². The maximum Gasteiger partial charge on any atom is 0.408 e. The van der Waals surface area contributed by atoms with Gasteiger partial charge in [0, 0.05) is 11.8 Å². The Balaban J connectivity index is 3.14. The molecule has 0 aliphatic heterocycles. The van der Waals surface area contributed by atoms with Crippen molar-refractivity contribution in [1.29, 1.82) is 0 Å². The molecule has 0 saturated heterocycles. The van der Waals surface area contributed by atoms with E-state index >= 15 is 0 Å². The third kappa shape index (κ3) is 4.39. The van der Waals surface area contributed by atoms with E-state index in [4.69, 9.17) is 11.6 Å². The van der Waals surface area contributed by atoms with Gasteiger partial charge in [0.15, 0.2) is 11.0 Å². The van der Waals surface area contributed by atoms with E-state index in [1.165, 1.54) is 20.8 Å². The summed E-state index contributed by atoms with van der Waals surface area (Å²) in [6.45, 7) is 4.55. The highest BCUT2D eigenvalue weighted by Gasteiger charge is 2.43. The predicted molar refractivity (Wildman–Crippen MR) is 69.0 cm³/mol. The second-order valence-corrected chi connectivity index (χ2v) is 7.37.